The summed E-state index contributed by atoms with van der Waals surface area (Å²) in [4.78, 5) is 48.3. The number of aliphatic hydroxyl groups excluding tert-OH is 1. The molecule has 1 saturated carbocycles. The van der Waals surface area contributed by atoms with E-state index in [2.05, 4.69) is 21.3 Å². The number of carbonyl (C=O) groups is 4. The van der Waals surface area contributed by atoms with Crippen LogP contribution in [0, 0.1) is 5.92 Å². The van der Waals surface area contributed by atoms with Crippen LogP contribution in [0.2, 0.25) is 0 Å². The molecule has 1 aliphatic carbocycles. The highest BCUT2D eigenvalue weighted by Crippen LogP contribution is 2.28. The van der Waals surface area contributed by atoms with E-state index in [1.54, 1.807) is 0 Å². The first kappa shape index (κ1) is 24.9. The summed E-state index contributed by atoms with van der Waals surface area (Å²) in [6.45, 7) is 3.51. The maximum atomic E-state index is 12.7. The molecule has 7 N–H and O–H groups in total. The third kappa shape index (κ3) is 8.38. The Hall–Kier alpha value is -2.18. The first-order chi connectivity index (χ1) is 13.5. The van der Waals surface area contributed by atoms with Crippen molar-refractivity contribution in [2.24, 2.45) is 5.92 Å². The van der Waals surface area contributed by atoms with Gasteiger partial charge >= 0.3 is 7.12 Å². The second kappa shape index (κ2) is 11.7. The van der Waals surface area contributed by atoms with Crippen LogP contribution < -0.4 is 21.3 Å². The summed E-state index contributed by atoms with van der Waals surface area (Å²) in [5.74, 6) is -3.38. The van der Waals surface area contributed by atoms with E-state index in [0.29, 0.717) is 0 Å². The van der Waals surface area contributed by atoms with Crippen LogP contribution >= 0.6 is 0 Å². The SMILES string of the molecule is CC(=O)N[C@H](C(=O)N[C@H](C(=O)NCC(=O)N[C@H](C)B(O)O)[C@@H](C)O)C1CCCC1. The molecule has 1 rings (SSSR count). The summed E-state index contributed by atoms with van der Waals surface area (Å²) in [5.41, 5.74) is 0. The zero-order valence-electron chi connectivity index (χ0n) is 17.0. The predicted octanol–water partition coefficient (Wildman–Crippen LogP) is -2.82. The summed E-state index contributed by atoms with van der Waals surface area (Å²) >= 11 is 0. The van der Waals surface area contributed by atoms with Crippen LogP contribution in [0.25, 0.3) is 0 Å². The van der Waals surface area contributed by atoms with Gasteiger partial charge in [0, 0.05) is 6.92 Å². The molecule has 4 atom stereocenters. The van der Waals surface area contributed by atoms with E-state index in [-0.39, 0.29) is 11.8 Å². The number of hydrogen-bond donors (Lipinski definition) is 7. The Bertz CT molecular complexity index is 596. The molecular weight excluding hydrogens is 383 g/mol. The van der Waals surface area contributed by atoms with Gasteiger partial charge in [0.2, 0.25) is 23.6 Å². The van der Waals surface area contributed by atoms with Gasteiger partial charge in [0.15, 0.2) is 0 Å². The number of rotatable bonds is 10. The van der Waals surface area contributed by atoms with Gasteiger partial charge in [-0.1, -0.05) is 12.8 Å². The molecular formula is C17H31BN4O7. The average molecular weight is 414 g/mol. The monoisotopic (exact) mass is 414 g/mol. The van der Waals surface area contributed by atoms with Crippen molar-refractivity contribution in [3.63, 3.8) is 0 Å². The molecule has 0 aromatic carbocycles. The van der Waals surface area contributed by atoms with Crippen molar-refractivity contribution >= 4 is 30.7 Å². The molecule has 164 valence electrons. The maximum absolute atomic E-state index is 12.7. The van der Waals surface area contributed by atoms with Crippen LogP contribution in [-0.2, 0) is 19.2 Å². The summed E-state index contributed by atoms with van der Waals surface area (Å²) in [7, 11) is -1.75. The third-order valence-corrected chi connectivity index (χ3v) is 4.83. The molecule has 1 aliphatic rings. The fourth-order valence-electron chi connectivity index (χ4n) is 3.21. The molecule has 0 aliphatic heterocycles. The zero-order chi connectivity index (χ0) is 22.1. The van der Waals surface area contributed by atoms with Gasteiger partial charge in [-0.25, -0.2) is 0 Å². The van der Waals surface area contributed by atoms with Crippen LogP contribution in [0.5, 0.6) is 0 Å². The lowest BCUT2D eigenvalue weighted by molar-refractivity contribution is -0.135. The fourth-order valence-corrected chi connectivity index (χ4v) is 3.21. The Morgan fingerprint density at radius 3 is 2.07 bits per heavy atom. The van der Waals surface area contributed by atoms with Gasteiger partial charge in [-0.3, -0.25) is 19.2 Å². The van der Waals surface area contributed by atoms with E-state index in [4.69, 9.17) is 10.0 Å². The van der Waals surface area contributed by atoms with Crippen molar-refractivity contribution in [1.82, 2.24) is 21.3 Å². The van der Waals surface area contributed by atoms with Gasteiger partial charge in [-0.2, -0.15) is 0 Å². The molecule has 29 heavy (non-hydrogen) atoms. The summed E-state index contributed by atoms with van der Waals surface area (Å²) < 4.78 is 0. The van der Waals surface area contributed by atoms with Crippen molar-refractivity contribution in [2.45, 2.75) is 70.6 Å². The molecule has 0 aromatic rings. The Morgan fingerprint density at radius 1 is 1.00 bits per heavy atom. The number of carbonyl (C=O) groups excluding carboxylic acids is 4. The number of amides is 4. The second-order valence-corrected chi connectivity index (χ2v) is 7.44. The van der Waals surface area contributed by atoms with Gasteiger partial charge in [0.05, 0.1) is 18.6 Å². The van der Waals surface area contributed by atoms with Gasteiger partial charge in [-0.05, 0) is 32.6 Å². The molecule has 0 unspecified atom stereocenters. The second-order valence-electron chi connectivity index (χ2n) is 7.44. The summed E-state index contributed by atoms with van der Waals surface area (Å²) in [5, 5.41) is 37.4. The van der Waals surface area contributed by atoms with Gasteiger partial charge in [0.1, 0.15) is 12.1 Å². The number of nitrogens with one attached hydrogen (secondary N) is 4. The molecule has 0 radical (unpaired) electrons. The first-order valence-corrected chi connectivity index (χ1v) is 9.71. The predicted molar refractivity (Wildman–Crippen MR) is 104 cm³/mol. The largest absolute Gasteiger partial charge is 0.475 e. The van der Waals surface area contributed by atoms with Gasteiger partial charge in [0.25, 0.3) is 0 Å². The third-order valence-electron chi connectivity index (χ3n) is 4.83. The molecule has 0 spiro atoms. The Morgan fingerprint density at radius 2 is 1.59 bits per heavy atom. The first-order valence-electron chi connectivity index (χ1n) is 9.71. The molecule has 4 amide bonds. The minimum absolute atomic E-state index is 0.0474. The maximum Gasteiger partial charge on any atom is 0.475 e. The van der Waals surface area contributed by atoms with E-state index in [1.807, 2.05) is 0 Å². The lowest BCUT2D eigenvalue weighted by atomic mass is 9.81. The normalized spacial score (nSPS) is 18.1. The lowest BCUT2D eigenvalue weighted by Crippen LogP contribution is -2.59. The van der Waals surface area contributed by atoms with Crippen molar-refractivity contribution in [1.29, 1.82) is 0 Å². The van der Waals surface area contributed by atoms with Crippen LogP contribution in [0.4, 0.5) is 0 Å². The van der Waals surface area contributed by atoms with Crippen LogP contribution in [0.1, 0.15) is 46.5 Å². The molecule has 1 fully saturated rings. The van der Waals surface area contributed by atoms with E-state index in [1.165, 1.54) is 20.8 Å². The Balaban J connectivity index is 2.69. The fraction of sp³-hybridized carbons (Fsp3) is 0.765. The van der Waals surface area contributed by atoms with Gasteiger partial charge in [-0.15, -0.1) is 0 Å². The molecule has 0 saturated heterocycles. The highest BCUT2D eigenvalue weighted by atomic mass is 16.4. The zero-order valence-corrected chi connectivity index (χ0v) is 17.0. The highest BCUT2D eigenvalue weighted by molar-refractivity contribution is 6.43. The van der Waals surface area contributed by atoms with Gasteiger partial charge < -0.3 is 36.4 Å². The van der Waals surface area contributed by atoms with Crippen molar-refractivity contribution in [3.05, 3.63) is 0 Å². The van der Waals surface area contributed by atoms with Crippen LogP contribution in [-0.4, -0.2) is 76.6 Å². The number of aliphatic hydroxyl groups is 1. The minimum Gasteiger partial charge on any atom is -0.426 e. The summed E-state index contributed by atoms with van der Waals surface area (Å²) in [6.07, 6.45) is 2.20. The molecule has 0 bridgehead atoms. The summed E-state index contributed by atoms with van der Waals surface area (Å²) in [6, 6.07) is -2.13. The van der Waals surface area contributed by atoms with Crippen LogP contribution in [0.15, 0.2) is 0 Å². The molecule has 11 nitrogen and oxygen atoms in total. The van der Waals surface area contributed by atoms with Crippen molar-refractivity contribution in [2.75, 3.05) is 6.54 Å². The Kier molecular flexibility index (Phi) is 10.1. The van der Waals surface area contributed by atoms with Crippen molar-refractivity contribution in [3.8, 4) is 0 Å². The quantitative estimate of drug-likeness (QED) is 0.189. The average Bonchev–Trinajstić information content (AvgIpc) is 3.15. The highest BCUT2D eigenvalue weighted by Gasteiger charge is 2.35. The van der Waals surface area contributed by atoms with E-state index < -0.39 is 55.5 Å². The standard InChI is InChI=1S/C17H31BN4O7/c1-9(23)14(16(26)19-8-13(25)20-10(2)18(28)29)22-17(27)15(21-11(3)24)12-6-4-5-7-12/h9-10,12,14-15,23,28-29H,4-8H2,1-3H3,(H,19,26)(H,20,25)(H,21,24)(H,22,27)/t9-,10-,14+,15+/m1/s1. The minimum atomic E-state index is -1.75. The lowest BCUT2D eigenvalue weighted by Gasteiger charge is -2.27. The van der Waals surface area contributed by atoms with E-state index in [0.717, 1.165) is 25.7 Å². The van der Waals surface area contributed by atoms with Crippen molar-refractivity contribution < 1.29 is 34.3 Å². The van der Waals surface area contributed by atoms with Crippen LogP contribution in [0.3, 0.4) is 0 Å². The Labute approximate surface area is 170 Å². The topological polar surface area (TPSA) is 177 Å². The molecule has 12 heteroatoms. The van der Waals surface area contributed by atoms with E-state index >= 15 is 0 Å². The molecule has 0 heterocycles. The van der Waals surface area contributed by atoms with E-state index in [9.17, 15) is 24.3 Å². The molecule has 0 aromatic heterocycles. The number of hydrogen-bond acceptors (Lipinski definition) is 7. The smallest absolute Gasteiger partial charge is 0.426 e.